The molecule has 5 aromatic rings. The molecule has 0 aliphatic carbocycles. The molecule has 0 unspecified atom stereocenters. The van der Waals surface area contributed by atoms with Gasteiger partial charge in [0.25, 0.3) is 0 Å². The van der Waals surface area contributed by atoms with Crippen LogP contribution in [0.25, 0.3) is 38.0 Å². The Bertz CT molecular complexity index is 1080. The molecule has 0 bridgehead atoms. The summed E-state index contributed by atoms with van der Waals surface area (Å²) in [5.41, 5.74) is 2.50. The van der Waals surface area contributed by atoms with Gasteiger partial charge in [0, 0.05) is 18.2 Å². The minimum atomic E-state index is 1.25. The lowest BCUT2D eigenvalue weighted by molar-refractivity contribution is -0.480. The molecule has 0 saturated carbocycles. The van der Waals surface area contributed by atoms with Gasteiger partial charge in [-0.3, -0.25) is 0 Å². The number of aromatic nitrogens is 1. The first-order valence-corrected chi connectivity index (χ1v) is 7.55. The number of benzene rings is 3. The van der Waals surface area contributed by atoms with Crippen LogP contribution in [0.3, 0.4) is 0 Å². The van der Waals surface area contributed by atoms with E-state index >= 15 is 0 Å². The molecule has 22 heavy (non-hydrogen) atoms. The van der Waals surface area contributed by atoms with E-state index in [-0.39, 0.29) is 0 Å². The van der Waals surface area contributed by atoms with Gasteiger partial charge < -0.3 is 0 Å². The second kappa shape index (κ2) is 4.28. The van der Waals surface area contributed by atoms with Crippen LogP contribution in [0.1, 0.15) is 0 Å². The fourth-order valence-corrected chi connectivity index (χ4v) is 3.45. The summed E-state index contributed by atoms with van der Waals surface area (Å²) in [7, 11) is 0. The lowest BCUT2D eigenvalue weighted by atomic mass is 10.0. The van der Waals surface area contributed by atoms with Gasteiger partial charge in [-0.2, -0.15) is 4.40 Å². The summed E-state index contributed by atoms with van der Waals surface area (Å²) >= 11 is 0. The average molecular weight is 280 g/mol. The highest BCUT2D eigenvalue weighted by Gasteiger charge is 2.13. The lowest BCUT2D eigenvalue weighted by Crippen LogP contribution is -2.22. The second-order valence-electron chi connectivity index (χ2n) is 5.71. The average Bonchev–Trinajstić information content (AvgIpc) is 2.60. The zero-order valence-electron chi connectivity index (χ0n) is 12.0. The van der Waals surface area contributed by atoms with Crippen LogP contribution in [-0.4, -0.2) is 0 Å². The van der Waals surface area contributed by atoms with Crippen LogP contribution in [0.4, 0.5) is 0 Å². The molecular formula is C21H14N+. The van der Waals surface area contributed by atoms with E-state index in [1.165, 1.54) is 38.0 Å². The molecule has 0 aliphatic rings. The normalized spacial score (nSPS) is 11.6. The maximum Gasteiger partial charge on any atom is 0.219 e. The Balaban J connectivity index is 2.04. The fourth-order valence-electron chi connectivity index (χ4n) is 3.45. The van der Waals surface area contributed by atoms with E-state index < -0.39 is 0 Å². The van der Waals surface area contributed by atoms with Crippen LogP contribution in [0, 0.1) is 0 Å². The molecule has 0 N–H and O–H groups in total. The Labute approximate surface area is 128 Å². The summed E-state index contributed by atoms with van der Waals surface area (Å²) < 4.78 is 2.30. The quantitative estimate of drug-likeness (QED) is 0.281. The van der Waals surface area contributed by atoms with Crippen molar-refractivity contribution in [3.05, 3.63) is 85.1 Å². The summed E-state index contributed by atoms with van der Waals surface area (Å²) in [5.74, 6) is 0. The molecule has 1 nitrogen and oxygen atoms in total. The molecule has 1 heteroatoms. The summed E-state index contributed by atoms with van der Waals surface area (Å²) in [6, 6.07) is 28.2. The standard InChI is InChI=1S/C21H14N/c1-3-7-17-15(5-1)9-11-21-19(17)10-12-20-18-8-4-2-6-16(18)13-14-22(20)21/h1-14H/q+1. The zero-order chi connectivity index (χ0) is 14.5. The fraction of sp³-hybridized carbons (Fsp3) is 0. The molecule has 5 rings (SSSR count). The van der Waals surface area contributed by atoms with Gasteiger partial charge in [-0.25, -0.2) is 0 Å². The van der Waals surface area contributed by atoms with Crippen LogP contribution in [-0.2, 0) is 0 Å². The van der Waals surface area contributed by atoms with Crippen LogP contribution in [0.5, 0.6) is 0 Å². The molecule has 2 heterocycles. The third-order valence-electron chi connectivity index (χ3n) is 4.51. The molecule has 102 valence electrons. The Kier molecular flexibility index (Phi) is 2.28. The predicted octanol–water partition coefficient (Wildman–Crippen LogP) is 4.88. The van der Waals surface area contributed by atoms with E-state index in [2.05, 4.69) is 89.5 Å². The van der Waals surface area contributed by atoms with E-state index in [9.17, 15) is 0 Å². The van der Waals surface area contributed by atoms with Crippen molar-refractivity contribution < 1.29 is 4.40 Å². The molecule has 3 aromatic carbocycles. The Morgan fingerprint density at radius 2 is 1.09 bits per heavy atom. The Morgan fingerprint density at radius 3 is 1.95 bits per heavy atom. The van der Waals surface area contributed by atoms with Crippen molar-refractivity contribution in [2.24, 2.45) is 0 Å². The van der Waals surface area contributed by atoms with Crippen molar-refractivity contribution in [2.75, 3.05) is 0 Å². The first-order valence-electron chi connectivity index (χ1n) is 7.55. The zero-order valence-corrected chi connectivity index (χ0v) is 12.0. The number of hydrogen-bond donors (Lipinski definition) is 0. The SMILES string of the molecule is c1ccc2c(c1)ccc1c2ccc2c3ccccc3cc[n+]21. The summed E-state index contributed by atoms with van der Waals surface area (Å²) in [5, 5.41) is 6.46. The van der Waals surface area contributed by atoms with E-state index in [0.29, 0.717) is 0 Å². The summed E-state index contributed by atoms with van der Waals surface area (Å²) in [6.07, 6.45) is 2.18. The molecule has 0 amide bonds. The first kappa shape index (κ1) is 11.7. The van der Waals surface area contributed by atoms with Crippen LogP contribution in [0.2, 0.25) is 0 Å². The van der Waals surface area contributed by atoms with Crippen LogP contribution in [0.15, 0.2) is 85.1 Å². The van der Waals surface area contributed by atoms with Crippen LogP contribution >= 0.6 is 0 Å². The number of rotatable bonds is 0. The van der Waals surface area contributed by atoms with Gasteiger partial charge in [0.05, 0.1) is 10.8 Å². The third-order valence-corrected chi connectivity index (χ3v) is 4.51. The molecule has 0 aliphatic heterocycles. The van der Waals surface area contributed by atoms with Crippen molar-refractivity contribution in [3.63, 3.8) is 0 Å². The van der Waals surface area contributed by atoms with Gasteiger partial charge in [0.1, 0.15) is 0 Å². The molecule has 0 radical (unpaired) electrons. The highest BCUT2D eigenvalue weighted by atomic mass is 14.9. The Morgan fingerprint density at radius 1 is 0.455 bits per heavy atom. The topological polar surface area (TPSA) is 4.10 Å². The number of hydrogen-bond acceptors (Lipinski definition) is 0. The van der Waals surface area contributed by atoms with Gasteiger partial charge >= 0.3 is 0 Å². The van der Waals surface area contributed by atoms with Crippen molar-refractivity contribution in [2.45, 2.75) is 0 Å². The smallest absolute Gasteiger partial charge is 0.159 e. The molecule has 0 saturated heterocycles. The molecule has 0 atom stereocenters. The van der Waals surface area contributed by atoms with Gasteiger partial charge in [0.15, 0.2) is 6.20 Å². The molecule has 2 aromatic heterocycles. The molecular weight excluding hydrogens is 266 g/mol. The van der Waals surface area contributed by atoms with Gasteiger partial charge in [-0.05, 0) is 34.4 Å². The van der Waals surface area contributed by atoms with Gasteiger partial charge in [-0.15, -0.1) is 0 Å². The van der Waals surface area contributed by atoms with E-state index in [1.807, 2.05) is 0 Å². The first-order chi connectivity index (χ1) is 10.9. The monoisotopic (exact) mass is 280 g/mol. The molecule has 0 fully saturated rings. The van der Waals surface area contributed by atoms with E-state index in [4.69, 9.17) is 0 Å². The van der Waals surface area contributed by atoms with E-state index in [0.717, 1.165) is 0 Å². The molecule has 0 spiro atoms. The second-order valence-corrected chi connectivity index (χ2v) is 5.71. The third kappa shape index (κ3) is 1.51. The van der Waals surface area contributed by atoms with Crippen molar-refractivity contribution in [1.29, 1.82) is 0 Å². The minimum absolute atomic E-state index is 1.25. The van der Waals surface area contributed by atoms with Crippen molar-refractivity contribution >= 4 is 38.0 Å². The Hall–Kier alpha value is -2.93. The number of nitrogens with zero attached hydrogens (tertiary/aromatic N) is 1. The maximum absolute atomic E-state index is 2.30. The van der Waals surface area contributed by atoms with Crippen LogP contribution < -0.4 is 4.40 Å². The largest absolute Gasteiger partial charge is 0.219 e. The van der Waals surface area contributed by atoms with E-state index in [1.54, 1.807) is 0 Å². The van der Waals surface area contributed by atoms with Crippen molar-refractivity contribution in [1.82, 2.24) is 0 Å². The number of pyridine rings is 2. The highest BCUT2D eigenvalue weighted by Crippen LogP contribution is 2.25. The summed E-state index contributed by atoms with van der Waals surface area (Å²) in [4.78, 5) is 0. The van der Waals surface area contributed by atoms with Gasteiger partial charge in [0.2, 0.25) is 11.0 Å². The summed E-state index contributed by atoms with van der Waals surface area (Å²) in [6.45, 7) is 0. The predicted molar refractivity (Wildman–Crippen MR) is 92.1 cm³/mol. The lowest BCUT2D eigenvalue weighted by Gasteiger charge is -2.04. The maximum atomic E-state index is 2.30. The van der Waals surface area contributed by atoms with Crippen molar-refractivity contribution in [3.8, 4) is 0 Å². The minimum Gasteiger partial charge on any atom is -0.159 e. The van der Waals surface area contributed by atoms with Gasteiger partial charge in [-0.1, -0.05) is 42.5 Å². The number of fused-ring (bicyclic) bond motifs is 7. The highest BCUT2D eigenvalue weighted by molar-refractivity contribution is 6.06.